The third-order valence-corrected chi connectivity index (χ3v) is 7.39. The van der Waals surface area contributed by atoms with Gasteiger partial charge in [0.15, 0.2) is 0 Å². The Kier molecular flexibility index (Phi) is 7.09. The number of rotatable bonds is 7. The van der Waals surface area contributed by atoms with Crippen molar-refractivity contribution in [3.05, 3.63) is 35.9 Å². The van der Waals surface area contributed by atoms with Gasteiger partial charge in [0.05, 0.1) is 0 Å². The Morgan fingerprint density at radius 1 is 1.04 bits per heavy atom. The van der Waals surface area contributed by atoms with Crippen molar-refractivity contribution >= 4 is 10.2 Å². The van der Waals surface area contributed by atoms with Crippen LogP contribution in [0.1, 0.15) is 57.1 Å². The maximum atomic E-state index is 12.9. The molecule has 146 valence electrons. The Morgan fingerprint density at radius 2 is 1.69 bits per heavy atom. The zero-order chi connectivity index (χ0) is 18.4. The highest BCUT2D eigenvalue weighted by Gasteiger charge is 2.29. The van der Waals surface area contributed by atoms with E-state index in [1.54, 1.807) is 4.31 Å². The van der Waals surface area contributed by atoms with Crippen molar-refractivity contribution < 1.29 is 8.42 Å². The van der Waals surface area contributed by atoms with Crippen LogP contribution in [-0.4, -0.2) is 50.3 Å². The van der Waals surface area contributed by atoms with E-state index < -0.39 is 10.2 Å². The SMILES string of the molecule is CC1CCN(S(=O)(=O)N[C@H](CCN2CCCCC2)c2ccccc2)CC1. The molecule has 0 aromatic heterocycles. The molecule has 0 saturated carbocycles. The second-order valence-electron chi connectivity index (χ2n) is 7.86. The van der Waals surface area contributed by atoms with E-state index in [1.807, 2.05) is 30.3 Å². The highest BCUT2D eigenvalue weighted by molar-refractivity contribution is 7.87. The third-order valence-electron chi connectivity index (χ3n) is 5.76. The molecular formula is C20H33N3O2S. The minimum absolute atomic E-state index is 0.164. The Labute approximate surface area is 158 Å². The van der Waals surface area contributed by atoms with Crippen LogP contribution in [0.5, 0.6) is 0 Å². The van der Waals surface area contributed by atoms with E-state index in [2.05, 4.69) is 16.5 Å². The standard InChI is InChI=1S/C20H33N3O2S/c1-18-10-16-23(17-11-18)26(24,25)21-20(19-8-4-2-5-9-19)12-15-22-13-6-3-7-14-22/h2,4-5,8-9,18,20-21H,3,6-7,10-17H2,1H3/t20-/m1/s1. The molecule has 6 heteroatoms. The second kappa shape index (κ2) is 9.31. The van der Waals surface area contributed by atoms with Gasteiger partial charge >= 0.3 is 0 Å². The van der Waals surface area contributed by atoms with Gasteiger partial charge in [0.1, 0.15) is 0 Å². The summed E-state index contributed by atoms with van der Waals surface area (Å²) < 4.78 is 30.5. The summed E-state index contributed by atoms with van der Waals surface area (Å²) >= 11 is 0. The molecule has 1 aromatic rings. The average Bonchev–Trinajstić information content (AvgIpc) is 2.67. The lowest BCUT2D eigenvalue weighted by Gasteiger charge is -2.32. The van der Waals surface area contributed by atoms with Crippen molar-refractivity contribution in [1.29, 1.82) is 0 Å². The zero-order valence-corrected chi connectivity index (χ0v) is 16.8. The van der Waals surface area contributed by atoms with Crippen LogP contribution >= 0.6 is 0 Å². The van der Waals surface area contributed by atoms with Crippen LogP contribution in [0.2, 0.25) is 0 Å². The Morgan fingerprint density at radius 3 is 2.35 bits per heavy atom. The number of hydrogen-bond acceptors (Lipinski definition) is 3. The van der Waals surface area contributed by atoms with Crippen molar-refractivity contribution in [3.8, 4) is 0 Å². The molecule has 5 nitrogen and oxygen atoms in total. The lowest BCUT2D eigenvalue weighted by Crippen LogP contribution is -2.46. The van der Waals surface area contributed by atoms with E-state index in [9.17, 15) is 8.42 Å². The summed E-state index contributed by atoms with van der Waals surface area (Å²) in [6, 6.07) is 9.84. The van der Waals surface area contributed by atoms with Gasteiger partial charge in [-0.25, -0.2) is 0 Å². The summed E-state index contributed by atoms with van der Waals surface area (Å²) in [5.74, 6) is 0.616. The molecule has 2 aliphatic heterocycles. The fourth-order valence-electron chi connectivity index (χ4n) is 3.95. The van der Waals surface area contributed by atoms with Crippen molar-refractivity contribution in [2.45, 2.75) is 51.5 Å². The van der Waals surface area contributed by atoms with Crippen LogP contribution in [0, 0.1) is 5.92 Å². The number of nitrogens with one attached hydrogen (secondary N) is 1. The molecule has 1 N–H and O–H groups in total. The number of likely N-dealkylation sites (tertiary alicyclic amines) is 1. The van der Waals surface area contributed by atoms with Crippen molar-refractivity contribution in [2.75, 3.05) is 32.7 Å². The van der Waals surface area contributed by atoms with Crippen LogP contribution in [0.25, 0.3) is 0 Å². The fraction of sp³-hybridized carbons (Fsp3) is 0.700. The average molecular weight is 380 g/mol. The van der Waals surface area contributed by atoms with Crippen LogP contribution < -0.4 is 4.72 Å². The predicted octanol–water partition coefficient (Wildman–Crippen LogP) is 3.17. The molecule has 26 heavy (non-hydrogen) atoms. The number of benzene rings is 1. The van der Waals surface area contributed by atoms with E-state index in [4.69, 9.17) is 0 Å². The molecular weight excluding hydrogens is 346 g/mol. The molecule has 3 rings (SSSR count). The van der Waals surface area contributed by atoms with Gasteiger partial charge in [0, 0.05) is 19.1 Å². The monoisotopic (exact) mass is 379 g/mol. The van der Waals surface area contributed by atoms with Gasteiger partial charge in [0.25, 0.3) is 10.2 Å². The van der Waals surface area contributed by atoms with Gasteiger partial charge in [0.2, 0.25) is 0 Å². The van der Waals surface area contributed by atoms with E-state index in [0.717, 1.165) is 44.5 Å². The summed E-state index contributed by atoms with van der Waals surface area (Å²) in [6.45, 7) is 6.67. The van der Waals surface area contributed by atoms with Gasteiger partial charge < -0.3 is 4.90 Å². The maximum Gasteiger partial charge on any atom is 0.280 e. The largest absolute Gasteiger partial charge is 0.303 e. The molecule has 2 saturated heterocycles. The predicted molar refractivity (Wildman–Crippen MR) is 106 cm³/mol. The molecule has 0 spiro atoms. The van der Waals surface area contributed by atoms with Gasteiger partial charge in [-0.1, -0.05) is 43.7 Å². The van der Waals surface area contributed by atoms with Crippen molar-refractivity contribution in [1.82, 2.24) is 13.9 Å². The summed E-state index contributed by atoms with van der Waals surface area (Å²) in [6.07, 6.45) is 6.54. The first-order valence-electron chi connectivity index (χ1n) is 10.1. The molecule has 0 radical (unpaired) electrons. The van der Waals surface area contributed by atoms with E-state index >= 15 is 0 Å². The Bertz CT molecular complexity index is 636. The van der Waals surface area contributed by atoms with E-state index in [0.29, 0.717) is 19.0 Å². The van der Waals surface area contributed by atoms with E-state index in [-0.39, 0.29) is 6.04 Å². The first-order chi connectivity index (χ1) is 12.5. The van der Waals surface area contributed by atoms with Gasteiger partial charge in [-0.05, 0) is 63.2 Å². The highest BCUT2D eigenvalue weighted by Crippen LogP contribution is 2.23. The van der Waals surface area contributed by atoms with Crippen LogP contribution in [0.4, 0.5) is 0 Å². The van der Waals surface area contributed by atoms with Crippen LogP contribution in [0.3, 0.4) is 0 Å². The molecule has 0 aliphatic carbocycles. The van der Waals surface area contributed by atoms with Crippen LogP contribution in [-0.2, 0) is 10.2 Å². The quantitative estimate of drug-likeness (QED) is 0.792. The minimum Gasteiger partial charge on any atom is -0.303 e. The van der Waals surface area contributed by atoms with Crippen LogP contribution in [0.15, 0.2) is 30.3 Å². The Hall–Kier alpha value is -0.950. The van der Waals surface area contributed by atoms with Gasteiger partial charge in [-0.2, -0.15) is 17.4 Å². The summed E-state index contributed by atoms with van der Waals surface area (Å²) in [7, 11) is -3.44. The summed E-state index contributed by atoms with van der Waals surface area (Å²) in [4.78, 5) is 2.47. The molecule has 2 fully saturated rings. The van der Waals surface area contributed by atoms with E-state index in [1.165, 1.54) is 19.3 Å². The summed E-state index contributed by atoms with van der Waals surface area (Å²) in [5, 5.41) is 0. The minimum atomic E-state index is -3.44. The smallest absolute Gasteiger partial charge is 0.280 e. The number of nitrogens with zero attached hydrogens (tertiary/aromatic N) is 2. The first kappa shape index (κ1) is 19.8. The lowest BCUT2D eigenvalue weighted by atomic mass is 10.0. The topological polar surface area (TPSA) is 52.7 Å². The molecule has 1 aromatic carbocycles. The third kappa shape index (κ3) is 5.52. The molecule has 0 amide bonds. The molecule has 2 aliphatic rings. The van der Waals surface area contributed by atoms with Gasteiger partial charge in [-0.3, -0.25) is 0 Å². The maximum absolute atomic E-state index is 12.9. The number of hydrogen-bond donors (Lipinski definition) is 1. The van der Waals surface area contributed by atoms with Crippen molar-refractivity contribution in [2.24, 2.45) is 5.92 Å². The molecule has 2 heterocycles. The number of piperidine rings is 2. The Balaban J connectivity index is 1.66. The molecule has 0 bridgehead atoms. The normalized spacial score (nSPS) is 22.3. The second-order valence-corrected chi connectivity index (χ2v) is 9.56. The fourth-order valence-corrected chi connectivity index (χ4v) is 5.41. The molecule has 0 unspecified atom stereocenters. The summed E-state index contributed by atoms with van der Waals surface area (Å²) in [5.41, 5.74) is 1.05. The lowest BCUT2D eigenvalue weighted by molar-refractivity contribution is 0.218. The first-order valence-corrected chi connectivity index (χ1v) is 11.5. The highest BCUT2D eigenvalue weighted by atomic mass is 32.2. The molecule has 1 atom stereocenters. The zero-order valence-electron chi connectivity index (χ0n) is 15.9. The van der Waals surface area contributed by atoms with Gasteiger partial charge in [-0.15, -0.1) is 0 Å². The van der Waals surface area contributed by atoms with Crippen molar-refractivity contribution in [3.63, 3.8) is 0 Å².